The summed E-state index contributed by atoms with van der Waals surface area (Å²) in [6.07, 6.45) is 0.785. The van der Waals surface area contributed by atoms with Crippen molar-refractivity contribution in [1.82, 2.24) is 9.80 Å². The minimum atomic E-state index is -0.332. The number of urea groups is 1. The summed E-state index contributed by atoms with van der Waals surface area (Å²) >= 11 is 7.77. The first-order chi connectivity index (χ1) is 17.8. The molecule has 1 aliphatic heterocycles. The molecule has 7 nitrogen and oxygen atoms in total. The third-order valence-corrected chi connectivity index (χ3v) is 7.37. The highest BCUT2D eigenvalue weighted by molar-refractivity contribution is 7.10. The van der Waals surface area contributed by atoms with Gasteiger partial charge in [0.1, 0.15) is 24.7 Å². The number of benzene rings is 2. The van der Waals surface area contributed by atoms with E-state index in [1.165, 1.54) is 4.88 Å². The maximum absolute atomic E-state index is 13.7. The number of ether oxygens (including phenoxy) is 2. The molecule has 1 N–H and O–H groups in total. The van der Waals surface area contributed by atoms with Gasteiger partial charge in [0.15, 0.2) is 0 Å². The van der Waals surface area contributed by atoms with Gasteiger partial charge >= 0.3 is 6.03 Å². The van der Waals surface area contributed by atoms with Gasteiger partial charge in [-0.3, -0.25) is 4.79 Å². The van der Waals surface area contributed by atoms with Gasteiger partial charge in [0, 0.05) is 34.7 Å². The van der Waals surface area contributed by atoms with Gasteiger partial charge in [-0.2, -0.15) is 0 Å². The number of thiophene rings is 1. The zero-order valence-corrected chi connectivity index (χ0v) is 22.8. The molecule has 0 aliphatic carbocycles. The molecule has 196 valence electrons. The summed E-state index contributed by atoms with van der Waals surface area (Å²) < 4.78 is 11.4. The predicted octanol–water partition coefficient (Wildman–Crippen LogP) is 6.11. The van der Waals surface area contributed by atoms with Gasteiger partial charge < -0.3 is 24.6 Å². The molecule has 3 aromatic rings. The highest BCUT2D eigenvalue weighted by Gasteiger charge is 2.33. The summed E-state index contributed by atoms with van der Waals surface area (Å²) in [5, 5.41) is 5.46. The van der Waals surface area contributed by atoms with Crippen molar-refractivity contribution < 1.29 is 19.1 Å². The fraction of sp³-hybridized carbons (Fsp3) is 0.357. The number of hydrogen-bond acceptors (Lipinski definition) is 5. The maximum Gasteiger partial charge on any atom is 0.322 e. The van der Waals surface area contributed by atoms with E-state index in [2.05, 4.69) is 16.8 Å². The summed E-state index contributed by atoms with van der Waals surface area (Å²) in [6, 6.07) is 15.9. The second-order valence-electron chi connectivity index (χ2n) is 9.36. The Labute approximate surface area is 226 Å². The number of rotatable bonds is 9. The zero-order valence-electron chi connectivity index (χ0n) is 21.3. The van der Waals surface area contributed by atoms with E-state index in [4.69, 9.17) is 21.1 Å². The number of halogens is 1. The lowest BCUT2D eigenvalue weighted by Gasteiger charge is -2.37. The largest absolute Gasteiger partial charge is 0.497 e. The SMILES string of the molecule is COc1cccc(OC[C@H]2c3ccsc3CCN2C(=O)CN(CC(C)C)C(=O)Nc2cccc(Cl)c2)c1. The van der Waals surface area contributed by atoms with Gasteiger partial charge in [0.05, 0.1) is 13.2 Å². The maximum atomic E-state index is 13.7. The molecule has 3 amide bonds. The van der Waals surface area contributed by atoms with Crippen LogP contribution in [0.4, 0.5) is 10.5 Å². The van der Waals surface area contributed by atoms with Crippen LogP contribution in [0.3, 0.4) is 0 Å². The lowest BCUT2D eigenvalue weighted by atomic mass is 10.0. The number of methoxy groups -OCH3 is 1. The van der Waals surface area contributed by atoms with Gasteiger partial charge in [0.2, 0.25) is 5.91 Å². The van der Waals surface area contributed by atoms with Crippen LogP contribution in [0.25, 0.3) is 0 Å². The van der Waals surface area contributed by atoms with Crippen molar-refractivity contribution in [3.05, 3.63) is 75.4 Å². The van der Waals surface area contributed by atoms with Crippen molar-refractivity contribution in [3.8, 4) is 11.5 Å². The Morgan fingerprint density at radius 2 is 1.95 bits per heavy atom. The molecule has 1 aliphatic rings. The predicted molar refractivity (Wildman–Crippen MR) is 148 cm³/mol. The summed E-state index contributed by atoms with van der Waals surface area (Å²) in [4.78, 5) is 31.5. The number of amides is 3. The number of anilines is 1. The molecule has 0 saturated heterocycles. The van der Waals surface area contributed by atoms with Crippen LogP contribution < -0.4 is 14.8 Å². The lowest BCUT2D eigenvalue weighted by molar-refractivity contribution is -0.135. The highest BCUT2D eigenvalue weighted by atomic mass is 35.5. The van der Waals surface area contributed by atoms with Crippen LogP contribution in [0.5, 0.6) is 11.5 Å². The van der Waals surface area contributed by atoms with Crippen molar-refractivity contribution in [2.75, 3.05) is 38.7 Å². The number of hydrogen-bond donors (Lipinski definition) is 1. The smallest absolute Gasteiger partial charge is 0.322 e. The average molecular weight is 542 g/mol. The molecule has 1 atom stereocenters. The summed E-state index contributed by atoms with van der Waals surface area (Å²) in [6.45, 7) is 5.34. The normalized spacial score (nSPS) is 14.7. The fourth-order valence-corrected chi connectivity index (χ4v) is 5.54. The first-order valence-electron chi connectivity index (χ1n) is 12.3. The summed E-state index contributed by atoms with van der Waals surface area (Å²) in [5.41, 5.74) is 1.69. The van der Waals surface area contributed by atoms with Crippen LogP contribution in [0.2, 0.25) is 5.02 Å². The average Bonchev–Trinajstić information content (AvgIpc) is 3.36. The zero-order chi connectivity index (χ0) is 26.4. The number of nitrogens with zero attached hydrogens (tertiary/aromatic N) is 2. The summed E-state index contributed by atoms with van der Waals surface area (Å²) in [7, 11) is 1.61. The minimum Gasteiger partial charge on any atom is -0.497 e. The molecular weight excluding hydrogens is 510 g/mol. The molecule has 4 rings (SSSR count). The molecule has 9 heteroatoms. The van der Waals surface area contributed by atoms with Crippen LogP contribution in [0.15, 0.2) is 60.0 Å². The third kappa shape index (κ3) is 6.96. The van der Waals surface area contributed by atoms with Crippen LogP contribution in [0, 0.1) is 5.92 Å². The topological polar surface area (TPSA) is 71.1 Å². The van der Waals surface area contributed by atoms with E-state index in [-0.39, 0.29) is 30.4 Å². The first kappa shape index (κ1) is 26.8. The number of nitrogens with one attached hydrogen (secondary N) is 1. The molecule has 0 radical (unpaired) electrons. The van der Waals surface area contributed by atoms with E-state index in [1.807, 2.05) is 43.0 Å². The van der Waals surface area contributed by atoms with Crippen LogP contribution >= 0.6 is 22.9 Å². The number of carbonyl (C=O) groups excluding carboxylic acids is 2. The Morgan fingerprint density at radius 3 is 2.70 bits per heavy atom. The quantitative estimate of drug-likeness (QED) is 0.355. The van der Waals surface area contributed by atoms with Crippen molar-refractivity contribution in [2.24, 2.45) is 5.92 Å². The van der Waals surface area contributed by atoms with E-state index in [1.54, 1.807) is 47.6 Å². The van der Waals surface area contributed by atoms with Crippen LogP contribution in [0.1, 0.15) is 30.3 Å². The standard InChI is InChI=1S/C28H32ClN3O4S/c1-19(2)16-31(28(34)30-21-7-4-6-20(29)14-21)17-27(33)32-12-10-26-24(11-13-37-26)25(32)18-36-23-9-5-8-22(15-23)35-3/h4-9,11,13-15,19,25H,10,12,16-18H2,1-3H3,(H,30,34)/t25-/m0/s1. The molecule has 2 aromatic carbocycles. The molecule has 0 saturated carbocycles. The third-order valence-electron chi connectivity index (χ3n) is 6.14. The summed E-state index contributed by atoms with van der Waals surface area (Å²) in [5.74, 6) is 1.46. The van der Waals surface area contributed by atoms with E-state index in [9.17, 15) is 9.59 Å². The second-order valence-corrected chi connectivity index (χ2v) is 10.8. The van der Waals surface area contributed by atoms with E-state index in [0.29, 0.717) is 41.9 Å². The second kappa shape index (κ2) is 12.3. The van der Waals surface area contributed by atoms with Crippen molar-refractivity contribution in [3.63, 3.8) is 0 Å². The van der Waals surface area contributed by atoms with E-state index < -0.39 is 0 Å². The molecular formula is C28H32ClN3O4S. The Kier molecular flexibility index (Phi) is 8.95. The van der Waals surface area contributed by atoms with E-state index in [0.717, 1.165) is 12.0 Å². The molecule has 0 unspecified atom stereocenters. The first-order valence-corrected chi connectivity index (χ1v) is 13.5. The molecule has 37 heavy (non-hydrogen) atoms. The molecule has 0 bridgehead atoms. The Hall–Kier alpha value is -3.23. The lowest BCUT2D eigenvalue weighted by Crippen LogP contribution is -2.49. The van der Waals surface area contributed by atoms with Gasteiger partial charge in [-0.05, 0) is 59.7 Å². The number of fused-ring (bicyclic) bond motifs is 1. The van der Waals surface area contributed by atoms with Gasteiger partial charge in [-0.1, -0.05) is 37.6 Å². The van der Waals surface area contributed by atoms with E-state index >= 15 is 0 Å². The number of carbonyl (C=O) groups is 2. The Bertz CT molecular complexity index is 1230. The Morgan fingerprint density at radius 1 is 1.16 bits per heavy atom. The highest BCUT2D eigenvalue weighted by Crippen LogP contribution is 2.34. The molecule has 2 heterocycles. The molecule has 1 aromatic heterocycles. The van der Waals surface area contributed by atoms with Gasteiger partial charge in [-0.15, -0.1) is 11.3 Å². The molecule has 0 fully saturated rings. The van der Waals surface area contributed by atoms with Crippen LogP contribution in [-0.2, 0) is 11.2 Å². The molecule has 0 spiro atoms. The van der Waals surface area contributed by atoms with Crippen molar-refractivity contribution in [2.45, 2.75) is 26.3 Å². The minimum absolute atomic E-state index is 0.0281. The van der Waals surface area contributed by atoms with Gasteiger partial charge in [-0.25, -0.2) is 4.79 Å². The van der Waals surface area contributed by atoms with Crippen molar-refractivity contribution >= 4 is 40.6 Å². The monoisotopic (exact) mass is 541 g/mol. The van der Waals surface area contributed by atoms with Crippen LogP contribution in [-0.4, -0.2) is 55.1 Å². The van der Waals surface area contributed by atoms with Gasteiger partial charge in [0.25, 0.3) is 0 Å². The van der Waals surface area contributed by atoms with Crippen molar-refractivity contribution in [1.29, 1.82) is 0 Å². The fourth-order valence-electron chi connectivity index (χ4n) is 4.42. The Balaban J connectivity index is 1.50.